The minimum atomic E-state index is -0.0870. The summed E-state index contributed by atoms with van der Waals surface area (Å²) in [5.41, 5.74) is 0. The van der Waals surface area contributed by atoms with E-state index in [4.69, 9.17) is 4.74 Å². The van der Waals surface area contributed by atoms with Crippen molar-refractivity contribution < 1.29 is 9.53 Å². The van der Waals surface area contributed by atoms with Gasteiger partial charge in [-0.05, 0) is 44.1 Å². The van der Waals surface area contributed by atoms with Crippen LogP contribution in [0.15, 0.2) is 0 Å². The molecule has 1 aliphatic carbocycles. The van der Waals surface area contributed by atoms with Crippen molar-refractivity contribution in [1.29, 1.82) is 0 Å². The average molecular weight is 241 g/mol. The summed E-state index contributed by atoms with van der Waals surface area (Å²) in [4.78, 5) is 11.7. The molecule has 0 saturated heterocycles. The molecule has 1 saturated carbocycles. The fourth-order valence-electron chi connectivity index (χ4n) is 2.47. The Morgan fingerprint density at radius 2 is 2.06 bits per heavy atom. The summed E-state index contributed by atoms with van der Waals surface area (Å²) in [5.74, 6) is 1.06. The summed E-state index contributed by atoms with van der Waals surface area (Å²) in [6.45, 7) is 7.68. The molecule has 0 radical (unpaired) electrons. The molecule has 0 amide bonds. The van der Waals surface area contributed by atoms with E-state index in [9.17, 15) is 4.79 Å². The van der Waals surface area contributed by atoms with Crippen molar-refractivity contribution in [1.82, 2.24) is 5.32 Å². The summed E-state index contributed by atoms with van der Waals surface area (Å²) in [6, 6.07) is 0. The van der Waals surface area contributed by atoms with E-state index < -0.39 is 0 Å². The van der Waals surface area contributed by atoms with Crippen molar-refractivity contribution in [3.63, 3.8) is 0 Å². The summed E-state index contributed by atoms with van der Waals surface area (Å²) < 4.78 is 5.58. The molecular weight excluding hydrogens is 214 g/mol. The van der Waals surface area contributed by atoms with Gasteiger partial charge in [-0.1, -0.05) is 27.2 Å². The second-order valence-electron chi connectivity index (χ2n) is 5.51. The molecule has 1 fully saturated rings. The first-order chi connectivity index (χ1) is 8.13. The van der Waals surface area contributed by atoms with Crippen LogP contribution in [0.2, 0.25) is 0 Å². The molecule has 0 bridgehead atoms. The molecule has 0 aromatic rings. The van der Waals surface area contributed by atoms with E-state index in [1.807, 2.05) is 0 Å². The highest BCUT2D eigenvalue weighted by atomic mass is 16.5. The molecule has 0 aromatic heterocycles. The van der Waals surface area contributed by atoms with Crippen LogP contribution in [0.1, 0.15) is 52.9 Å². The van der Waals surface area contributed by atoms with E-state index >= 15 is 0 Å². The lowest BCUT2D eigenvalue weighted by atomic mass is 9.85. The lowest BCUT2D eigenvalue weighted by Crippen LogP contribution is -2.34. The molecule has 0 aromatic carbocycles. The topological polar surface area (TPSA) is 38.3 Å². The van der Waals surface area contributed by atoms with Gasteiger partial charge in [-0.3, -0.25) is 4.79 Å². The predicted molar refractivity (Wildman–Crippen MR) is 69.8 cm³/mol. The molecule has 0 heterocycles. The van der Waals surface area contributed by atoms with Gasteiger partial charge in [0.15, 0.2) is 0 Å². The Morgan fingerprint density at radius 3 is 2.71 bits per heavy atom. The van der Waals surface area contributed by atoms with Crippen LogP contribution in [0, 0.1) is 11.8 Å². The lowest BCUT2D eigenvalue weighted by molar-refractivity contribution is -0.152. The third kappa shape index (κ3) is 5.53. The quantitative estimate of drug-likeness (QED) is 0.727. The van der Waals surface area contributed by atoms with Gasteiger partial charge in [0.2, 0.25) is 0 Å². The van der Waals surface area contributed by atoms with Gasteiger partial charge >= 0.3 is 5.97 Å². The monoisotopic (exact) mass is 241 g/mol. The highest BCUT2D eigenvalue weighted by Crippen LogP contribution is 2.29. The van der Waals surface area contributed by atoms with Gasteiger partial charge in [0, 0.05) is 0 Å². The normalized spacial score (nSPS) is 24.9. The van der Waals surface area contributed by atoms with Gasteiger partial charge in [-0.25, -0.2) is 0 Å². The Hall–Kier alpha value is -0.570. The van der Waals surface area contributed by atoms with E-state index in [1.165, 1.54) is 19.3 Å². The van der Waals surface area contributed by atoms with Gasteiger partial charge in [0.1, 0.15) is 6.10 Å². The summed E-state index contributed by atoms with van der Waals surface area (Å²) >= 11 is 0. The standard InChI is InChI=1S/C14H27NO2/c1-4-12-7-5-6-8-13(12)17-14(16)10-15-9-11(2)3/h11-13,15H,4-10H2,1-3H3. The Morgan fingerprint density at radius 1 is 1.35 bits per heavy atom. The van der Waals surface area contributed by atoms with Crippen LogP contribution >= 0.6 is 0 Å². The zero-order chi connectivity index (χ0) is 12.7. The van der Waals surface area contributed by atoms with Crippen molar-refractivity contribution >= 4 is 5.97 Å². The Labute approximate surface area is 105 Å². The number of hydrogen-bond donors (Lipinski definition) is 1. The second kappa shape index (κ2) is 7.70. The predicted octanol–water partition coefficient (Wildman–Crippen LogP) is 2.74. The first-order valence-electron chi connectivity index (χ1n) is 7.03. The highest BCUT2D eigenvalue weighted by molar-refractivity contribution is 5.71. The van der Waals surface area contributed by atoms with Gasteiger partial charge in [-0.15, -0.1) is 0 Å². The molecule has 1 N–H and O–H groups in total. The maximum absolute atomic E-state index is 11.7. The average Bonchev–Trinajstić information content (AvgIpc) is 2.29. The van der Waals surface area contributed by atoms with Crippen molar-refractivity contribution in [2.45, 2.75) is 59.0 Å². The third-order valence-corrected chi connectivity index (χ3v) is 3.47. The minimum absolute atomic E-state index is 0.0870. The minimum Gasteiger partial charge on any atom is -0.461 e. The second-order valence-corrected chi connectivity index (χ2v) is 5.51. The Balaban J connectivity index is 2.24. The van der Waals surface area contributed by atoms with Gasteiger partial charge < -0.3 is 10.1 Å². The molecule has 3 nitrogen and oxygen atoms in total. The van der Waals surface area contributed by atoms with Crippen molar-refractivity contribution in [2.24, 2.45) is 11.8 Å². The van der Waals surface area contributed by atoms with Gasteiger partial charge in [-0.2, -0.15) is 0 Å². The first-order valence-corrected chi connectivity index (χ1v) is 7.03. The van der Waals surface area contributed by atoms with Crippen molar-refractivity contribution in [3.05, 3.63) is 0 Å². The van der Waals surface area contributed by atoms with E-state index in [-0.39, 0.29) is 12.1 Å². The van der Waals surface area contributed by atoms with E-state index in [2.05, 4.69) is 26.1 Å². The maximum atomic E-state index is 11.7. The number of nitrogens with one attached hydrogen (secondary N) is 1. The number of ether oxygens (including phenoxy) is 1. The molecule has 17 heavy (non-hydrogen) atoms. The Bertz CT molecular complexity index is 228. The van der Waals surface area contributed by atoms with E-state index in [1.54, 1.807) is 0 Å². The lowest BCUT2D eigenvalue weighted by Gasteiger charge is -2.30. The highest BCUT2D eigenvalue weighted by Gasteiger charge is 2.26. The first kappa shape index (κ1) is 14.5. The van der Waals surface area contributed by atoms with E-state index in [0.29, 0.717) is 18.4 Å². The van der Waals surface area contributed by atoms with Crippen LogP contribution < -0.4 is 5.32 Å². The fourth-order valence-corrected chi connectivity index (χ4v) is 2.47. The number of hydrogen-bond acceptors (Lipinski definition) is 3. The number of carbonyl (C=O) groups excluding carboxylic acids is 1. The molecule has 0 aliphatic heterocycles. The molecule has 100 valence electrons. The molecule has 0 spiro atoms. The van der Waals surface area contributed by atoms with Crippen LogP contribution in [-0.2, 0) is 9.53 Å². The van der Waals surface area contributed by atoms with Crippen LogP contribution in [0.4, 0.5) is 0 Å². The number of esters is 1. The largest absolute Gasteiger partial charge is 0.461 e. The zero-order valence-electron chi connectivity index (χ0n) is 11.5. The number of carbonyl (C=O) groups is 1. The number of rotatable bonds is 6. The van der Waals surface area contributed by atoms with Gasteiger partial charge in [0.25, 0.3) is 0 Å². The molecule has 1 rings (SSSR count). The third-order valence-electron chi connectivity index (χ3n) is 3.47. The van der Waals surface area contributed by atoms with Gasteiger partial charge in [0.05, 0.1) is 6.54 Å². The maximum Gasteiger partial charge on any atom is 0.320 e. The van der Waals surface area contributed by atoms with Crippen LogP contribution in [0.5, 0.6) is 0 Å². The SMILES string of the molecule is CCC1CCCCC1OC(=O)CNCC(C)C. The smallest absolute Gasteiger partial charge is 0.320 e. The summed E-state index contributed by atoms with van der Waals surface area (Å²) in [5, 5.41) is 3.13. The van der Waals surface area contributed by atoms with Crippen LogP contribution in [-0.4, -0.2) is 25.2 Å². The molecule has 3 heteroatoms. The molecule has 1 aliphatic rings. The molecule has 2 atom stereocenters. The Kier molecular flexibility index (Phi) is 6.56. The van der Waals surface area contributed by atoms with Crippen molar-refractivity contribution in [2.75, 3.05) is 13.1 Å². The van der Waals surface area contributed by atoms with Crippen molar-refractivity contribution in [3.8, 4) is 0 Å². The zero-order valence-corrected chi connectivity index (χ0v) is 11.5. The van der Waals surface area contributed by atoms with Crippen LogP contribution in [0.25, 0.3) is 0 Å². The summed E-state index contributed by atoms with van der Waals surface area (Å²) in [7, 11) is 0. The van der Waals surface area contributed by atoms with E-state index in [0.717, 1.165) is 19.4 Å². The molecule has 2 unspecified atom stereocenters. The fraction of sp³-hybridized carbons (Fsp3) is 0.929. The summed E-state index contributed by atoms with van der Waals surface area (Å²) in [6.07, 6.45) is 6.05. The molecular formula is C14H27NO2. The van der Waals surface area contributed by atoms with Crippen LogP contribution in [0.3, 0.4) is 0 Å².